The summed E-state index contributed by atoms with van der Waals surface area (Å²) in [6.07, 6.45) is 1.16. The van der Waals surface area contributed by atoms with Crippen LogP contribution in [0.25, 0.3) is 0 Å². The number of amides is 2. The van der Waals surface area contributed by atoms with Crippen LogP contribution >= 0.6 is 11.8 Å². The summed E-state index contributed by atoms with van der Waals surface area (Å²) in [5.74, 6) is 1.77. The first kappa shape index (κ1) is 22.7. The molecule has 1 saturated heterocycles. The van der Waals surface area contributed by atoms with E-state index in [4.69, 9.17) is 5.73 Å². The molecule has 0 radical (unpaired) electrons. The van der Waals surface area contributed by atoms with E-state index in [2.05, 4.69) is 44.8 Å². The van der Waals surface area contributed by atoms with Gasteiger partial charge in [0.15, 0.2) is 5.96 Å². The Morgan fingerprint density at radius 3 is 2.55 bits per heavy atom. The fraction of sp³-hybridized carbons (Fsp3) is 0.348. The van der Waals surface area contributed by atoms with E-state index in [1.165, 1.54) is 4.90 Å². The minimum absolute atomic E-state index is 0.168. The van der Waals surface area contributed by atoms with Gasteiger partial charge >= 0.3 is 0 Å². The molecule has 0 aromatic heterocycles. The fourth-order valence-corrected chi connectivity index (χ4v) is 4.50. The lowest BCUT2D eigenvalue weighted by Crippen LogP contribution is -2.39. The minimum atomic E-state index is -0.566. The quantitative estimate of drug-likeness (QED) is 0.332. The molecule has 2 aromatic rings. The fourth-order valence-electron chi connectivity index (χ4n) is 3.45. The summed E-state index contributed by atoms with van der Waals surface area (Å²) in [7, 11) is 1.81. The number of carbonyl (C=O) groups excluding carboxylic acids is 2. The lowest BCUT2D eigenvalue weighted by Gasteiger charge is -2.22. The summed E-state index contributed by atoms with van der Waals surface area (Å²) in [6.45, 7) is 2.45. The van der Waals surface area contributed by atoms with Gasteiger partial charge in [0.2, 0.25) is 5.91 Å². The van der Waals surface area contributed by atoms with Crippen molar-refractivity contribution in [3.63, 3.8) is 0 Å². The third kappa shape index (κ3) is 7.03. The highest BCUT2D eigenvalue weighted by Gasteiger charge is 2.24. The highest BCUT2D eigenvalue weighted by molar-refractivity contribution is 7.99. The molecule has 1 atom stereocenters. The summed E-state index contributed by atoms with van der Waals surface area (Å²) in [4.78, 5) is 30.8. The molecule has 164 valence electrons. The van der Waals surface area contributed by atoms with Crippen LogP contribution in [0.15, 0.2) is 64.5 Å². The topological polar surface area (TPSA) is 99.8 Å². The van der Waals surface area contributed by atoms with Gasteiger partial charge in [-0.25, -0.2) is 0 Å². The van der Waals surface area contributed by atoms with E-state index in [-0.39, 0.29) is 12.5 Å². The van der Waals surface area contributed by atoms with Crippen LogP contribution < -0.4 is 16.4 Å². The average molecular weight is 440 g/mol. The molecule has 2 amide bonds. The number of carbonyl (C=O) groups is 2. The van der Waals surface area contributed by atoms with Crippen molar-refractivity contribution in [2.75, 3.05) is 32.4 Å². The first-order valence-corrected chi connectivity index (χ1v) is 11.3. The van der Waals surface area contributed by atoms with Crippen molar-refractivity contribution in [3.8, 4) is 0 Å². The number of nitrogens with one attached hydrogen (secondary N) is 2. The Bertz CT molecular complexity index is 902. The summed E-state index contributed by atoms with van der Waals surface area (Å²) >= 11 is 1.91. The van der Waals surface area contributed by atoms with Crippen LogP contribution in [0.4, 0.5) is 0 Å². The number of rotatable bonds is 8. The molecular weight excluding hydrogens is 410 g/mol. The van der Waals surface area contributed by atoms with Gasteiger partial charge in [0, 0.05) is 42.9 Å². The third-order valence-corrected chi connectivity index (χ3v) is 6.36. The average Bonchev–Trinajstić information content (AvgIpc) is 3.26. The van der Waals surface area contributed by atoms with Gasteiger partial charge in [-0.2, -0.15) is 0 Å². The van der Waals surface area contributed by atoms with Crippen molar-refractivity contribution in [1.29, 1.82) is 0 Å². The number of primary amides is 1. The van der Waals surface area contributed by atoms with Crippen LogP contribution in [-0.2, 0) is 11.3 Å². The van der Waals surface area contributed by atoms with E-state index < -0.39 is 5.91 Å². The van der Waals surface area contributed by atoms with Gasteiger partial charge in [-0.3, -0.25) is 14.6 Å². The molecule has 4 N–H and O–H groups in total. The predicted molar refractivity (Wildman–Crippen MR) is 125 cm³/mol. The molecule has 3 rings (SSSR count). The van der Waals surface area contributed by atoms with Gasteiger partial charge in [0.05, 0.1) is 6.54 Å². The molecule has 1 aliphatic rings. The Labute approximate surface area is 187 Å². The zero-order valence-corrected chi connectivity index (χ0v) is 18.5. The maximum atomic E-state index is 12.0. The van der Waals surface area contributed by atoms with Crippen LogP contribution in [0.1, 0.15) is 22.3 Å². The predicted octanol–water partition coefficient (Wildman–Crippen LogP) is 2.09. The molecule has 7 nitrogen and oxygen atoms in total. The number of guanidine groups is 1. The van der Waals surface area contributed by atoms with Gasteiger partial charge in [0.25, 0.3) is 5.91 Å². The maximum absolute atomic E-state index is 12.0. The first-order valence-electron chi connectivity index (χ1n) is 10.3. The van der Waals surface area contributed by atoms with Crippen molar-refractivity contribution in [1.82, 2.24) is 15.5 Å². The highest BCUT2D eigenvalue weighted by atomic mass is 32.2. The van der Waals surface area contributed by atoms with Crippen molar-refractivity contribution < 1.29 is 9.59 Å². The molecule has 0 bridgehead atoms. The second-order valence-corrected chi connectivity index (χ2v) is 8.56. The number of nitrogens with zero attached hydrogens (tertiary/aromatic N) is 2. The zero-order valence-electron chi connectivity index (χ0n) is 17.7. The number of nitrogens with two attached hydrogens (primary N) is 1. The van der Waals surface area contributed by atoms with Crippen LogP contribution in [0.2, 0.25) is 0 Å². The van der Waals surface area contributed by atoms with Gasteiger partial charge < -0.3 is 21.3 Å². The molecule has 1 fully saturated rings. The Balaban J connectivity index is 1.45. The Morgan fingerprint density at radius 2 is 1.87 bits per heavy atom. The second-order valence-electron chi connectivity index (χ2n) is 7.47. The van der Waals surface area contributed by atoms with Crippen LogP contribution in [0.5, 0.6) is 0 Å². The number of likely N-dealkylation sites (tertiary alicyclic amines) is 1. The van der Waals surface area contributed by atoms with Gasteiger partial charge in [-0.15, -0.1) is 11.8 Å². The van der Waals surface area contributed by atoms with Crippen molar-refractivity contribution in [3.05, 3.63) is 65.7 Å². The molecule has 1 heterocycles. The Morgan fingerprint density at radius 1 is 1.13 bits per heavy atom. The number of thioether (sulfide) groups is 1. The van der Waals surface area contributed by atoms with Gasteiger partial charge in [0.1, 0.15) is 0 Å². The van der Waals surface area contributed by atoms with E-state index in [1.807, 2.05) is 30.0 Å². The van der Waals surface area contributed by atoms with E-state index >= 15 is 0 Å². The zero-order chi connectivity index (χ0) is 22.1. The standard InChI is InChI=1S/C23H29N5O2S/c1-25-23(28-12-11-18(15-28)16-31-20-5-3-2-4-6-20)27-13-17-7-9-19(10-8-17)22(30)26-14-21(24)29/h2-10,18H,11-16H2,1H3,(H2,24,29)(H,25,27)(H,26,30). The van der Waals surface area contributed by atoms with Crippen molar-refractivity contribution in [2.45, 2.75) is 17.9 Å². The smallest absolute Gasteiger partial charge is 0.251 e. The number of aliphatic imine (C=N–C) groups is 1. The molecule has 0 saturated carbocycles. The lowest BCUT2D eigenvalue weighted by molar-refractivity contribution is -0.117. The van der Waals surface area contributed by atoms with Gasteiger partial charge in [-0.05, 0) is 42.2 Å². The third-order valence-electron chi connectivity index (χ3n) is 5.12. The van der Waals surface area contributed by atoms with Crippen LogP contribution in [-0.4, -0.2) is 55.1 Å². The van der Waals surface area contributed by atoms with E-state index in [0.29, 0.717) is 18.0 Å². The largest absolute Gasteiger partial charge is 0.368 e. The molecule has 0 aliphatic carbocycles. The maximum Gasteiger partial charge on any atom is 0.251 e. The van der Waals surface area contributed by atoms with Gasteiger partial charge in [-0.1, -0.05) is 30.3 Å². The molecule has 1 unspecified atom stereocenters. The molecule has 0 spiro atoms. The monoisotopic (exact) mass is 439 g/mol. The minimum Gasteiger partial charge on any atom is -0.368 e. The molecule has 1 aliphatic heterocycles. The summed E-state index contributed by atoms with van der Waals surface area (Å²) in [6, 6.07) is 17.8. The molecule has 2 aromatic carbocycles. The summed E-state index contributed by atoms with van der Waals surface area (Å²) in [5.41, 5.74) is 6.59. The normalized spacial score (nSPS) is 16.2. The lowest BCUT2D eigenvalue weighted by atomic mass is 10.1. The van der Waals surface area contributed by atoms with E-state index in [9.17, 15) is 9.59 Å². The molecular formula is C23H29N5O2S. The summed E-state index contributed by atoms with van der Waals surface area (Å²) < 4.78 is 0. The van der Waals surface area contributed by atoms with Crippen molar-refractivity contribution in [2.24, 2.45) is 16.6 Å². The van der Waals surface area contributed by atoms with Crippen molar-refractivity contribution >= 4 is 29.5 Å². The second kappa shape index (κ2) is 11.4. The number of benzene rings is 2. The molecule has 31 heavy (non-hydrogen) atoms. The molecule has 8 heteroatoms. The van der Waals surface area contributed by atoms with Crippen LogP contribution in [0, 0.1) is 5.92 Å². The summed E-state index contributed by atoms with van der Waals surface area (Å²) in [5, 5.41) is 5.90. The Kier molecular flexibility index (Phi) is 8.35. The Hall–Kier alpha value is -3.00. The number of hydrogen-bond acceptors (Lipinski definition) is 4. The van der Waals surface area contributed by atoms with E-state index in [1.54, 1.807) is 19.2 Å². The SMILES string of the molecule is CN=C(NCc1ccc(C(=O)NCC(N)=O)cc1)N1CCC(CSc2ccccc2)C1. The van der Waals surface area contributed by atoms with Crippen LogP contribution in [0.3, 0.4) is 0 Å². The van der Waals surface area contributed by atoms with E-state index in [0.717, 1.165) is 36.8 Å². The number of hydrogen-bond donors (Lipinski definition) is 3. The highest BCUT2D eigenvalue weighted by Crippen LogP contribution is 2.25. The first-order chi connectivity index (χ1) is 15.0.